The number of carbonyl (C=O) groups is 1. The molecule has 17 heavy (non-hydrogen) atoms. The minimum Gasteiger partial charge on any atom is -0.329 e. The highest BCUT2D eigenvalue weighted by Crippen LogP contribution is 2.25. The summed E-state index contributed by atoms with van der Waals surface area (Å²) in [4.78, 5) is 13.5. The summed E-state index contributed by atoms with van der Waals surface area (Å²) in [5.74, 6) is -0.148. The van der Waals surface area contributed by atoms with Crippen LogP contribution in [0.1, 0.15) is 0 Å². The van der Waals surface area contributed by atoms with E-state index in [0.717, 1.165) is 0 Å². The van der Waals surface area contributed by atoms with Crippen molar-refractivity contribution in [3.8, 4) is 0 Å². The van der Waals surface area contributed by atoms with Crippen LogP contribution in [0.3, 0.4) is 0 Å². The van der Waals surface area contributed by atoms with Crippen LogP contribution in [0.2, 0.25) is 10.0 Å². The number of hydrogen-bond acceptors (Lipinski definition) is 3. The Morgan fingerprint density at radius 1 is 1.47 bits per heavy atom. The average molecular weight is 276 g/mol. The highest BCUT2D eigenvalue weighted by atomic mass is 35.5. The van der Waals surface area contributed by atoms with Crippen molar-refractivity contribution in [3.63, 3.8) is 0 Å². The van der Waals surface area contributed by atoms with Gasteiger partial charge in [0.2, 0.25) is 5.91 Å². The Kier molecular flexibility index (Phi) is 5.71. The zero-order chi connectivity index (χ0) is 12.8. The number of nitrogens with one attached hydrogen (secondary N) is 1. The van der Waals surface area contributed by atoms with Crippen LogP contribution in [0.15, 0.2) is 18.2 Å². The van der Waals surface area contributed by atoms with Crippen LogP contribution < -0.4 is 11.1 Å². The first-order valence-corrected chi connectivity index (χ1v) is 5.92. The number of amides is 1. The summed E-state index contributed by atoms with van der Waals surface area (Å²) in [7, 11) is 1.83. The fourth-order valence-corrected chi connectivity index (χ4v) is 1.66. The monoisotopic (exact) mass is 275 g/mol. The molecule has 0 heterocycles. The zero-order valence-electron chi connectivity index (χ0n) is 9.54. The molecule has 0 aliphatic carbocycles. The van der Waals surface area contributed by atoms with Crippen molar-refractivity contribution < 1.29 is 4.79 Å². The molecule has 1 rings (SSSR count). The van der Waals surface area contributed by atoms with E-state index in [-0.39, 0.29) is 12.5 Å². The van der Waals surface area contributed by atoms with Crippen LogP contribution in [-0.4, -0.2) is 37.5 Å². The third-order valence-electron chi connectivity index (χ3n) is 2.13. The van der Waals surface area contributed by atoms with Gasteiger partial charge in [0.05, 0.1) is 17.3 Å². The third kappa shape index (κ3) is 4.91. The minimum atomic E-state index is -0.148. The third-order valence-corrected chi connectivity index (χ3v) is 2.69. The molecule has 1 amide bonds. The van der Waals surface area contributed by atoms with Gasteiger partial charge in [-0.25, -0.2) is 0 Å². The standard InChI is InChI=1S/C11H15Cl2N3O/c1-16(5-4-14)7-11(17)15-10-6-8(12)2-3-9(10)13/h2-3,6H,4-5,7,14H2,1H3,(H,15,17). The predicted molar refractivity (Wildman–Crippen MR) is 71.6 cm³/mol. The number of rotatable bonds is 5. The lowest BCUT2D eigenvalue weighted by Crippen LogP contribution is -2.33. The maximum absolute atomic E-state index is 11.7. The summed E-state index contributed by atoms with van der Waals surface area (Å²) in [5, 5.41) is 3.69. The molecule has 6 heteroatoms. The van der Waals surface area contributed by atoms with Crippen LogP contribution >= 0.6 is 23.2 Å². The molecule has 0 saturated heterocycles. The lowest BCUT2D eigenvalue weighted by molar-refractivity contribution is -0.117. The second kappa shape index (κ2) is 6.81. The van der Waals surface area contributed by atoms with Crippen molar-refractivity contribution in [1.29, 1.82) is 0 Å². The smallest absolute Gasteiger partial charge is 0.238 e. The van der Waals surface area contributed by atoms with Gasteiger partial charge >= 0.3 is 0 Å². The lowest BCUT2D eigenvalue weighted by Gasteiger charge is -2.15. The van der Waals surface area contributed by atoms with Gasteiger partial charge < -0.3 is 11.1 Å². The van der Waals surface area contributed by atoms with Crippen molar-refractivity contribution in [2.24, 2.45) is 5.73 Å². The van der Waals surface area contributed by atoms with E-state index in [9.17, 15) is 4.79 Å². The predicted octanol–water partition coefficient (Wildman–Crippen LogP) is 1.82. The SMILES string of the molecule is CN(CCN)CC(=O)Nc1cc(Cl)ccc1Cl. The molecule has 0 radical (unpaired) electrons. The average Bonchev–Trinajstić information content (AvgIpc) is 2.23. The van der Waals surface area contributed by atoms with Gasteiger partial charge in [-0.3, -0.25) is 9.69 Å². The quantitative estimate of drug-likeness (QED) is 0.862. The van der Waals surface area contributed by atoms with Crippen LogP contribution in [0.25, 0.3) is 0 Å². The number of nitrogens with zero attached hydrogens (tertiary/aromatic N) is 1. The Hall–Kier alpha value is -0.810. The van der Waals surface area contributed by atoms with E-state index in [2.05, 4.69) is 5.32 Å². The molecule has 0 saturated carbocycles. The largest absolute Gasteiger partial charge is 0.329 e. The normalized spacial score (nSPS) is 10.6. The number of nitrogens with two attached hydrogens (primary N) is 1. The van der Waals surface area contributed by atoms with Crippen molar-refractivity contribution in [3.05, 3.63) is 28.2 Å². The number of hydrogen-bond donors (Lipinski definition) is 2. The van der Waals surface area contributed by atoms with Crippen LogP contribution in [0, 0.1) is 0 Å². The molecule has 0 atom stereocenters. The Morgan fingerprint density at radius 2 is 2.18 bits per heavy atom. The highest BCUT2D eigenvalue weighted by molar-refractivity contribution is 6.35. The molecule has 0 fully saturated rings. The van der Waals surface area contributed by atoms with E-state index < -0.39 is 0 Å². The molecule has 1 aromatic rings. The van der Waals surface area contributed by atoms with Gasteiger partial charge in [-0.1, -0.05) is 23.2 Å². The molecule has 0 spiro atoms. The molecule has 0 aliphatic heterocycles. The summed E-state index contributed by atoms with van der Waals surface area (Å²) in [6.45, 7) is 1.44. The first kappa shape index (κ1) is 14.3. The molecule has 1 aromatic carbocycles. The second-order valence-electron chi connectivity index (χ2n) is 3.70. The van der Waals surface area contributed by atoms with Gasteiger partial charge in [0.25, 0.3) is 0 Å². The Labute approximate surface area is 111 Å². The summed E-state index contributed by atoms with van der Waals surface area (Å²) in [6, 6.07) is 4.92. The van der Waals surface area contributed by atoms with E-state index in [1.54, 1.807) is 18.2 Å². The summed E-state index contributed by atoms with van der Waals surface area (Å²) >= 11 is 11.7. The van der Waals surface area contributed by atoms with Crippen LogP contribution in [0.5, 0.6) is 0 Å². The Balaban J connectivity index is 2.58. The van der Waals surface area contributed by atoms with Gasteiger partial charge in [0, 0.05) is 18.1 Å². The molecule has 94 valence electrons. The van der Waals surface area contributed by atoms with Gasteiger partial charge in [-0.15, -0.1) is 0 Å². The summed E-state index contributed by atoms with van der Waals surface area (Å²) in [6.07, 6.45) is 0. The topological polar surface area (TPSA) is 58.4 Å². The Morgan fingerprint density at radius 3 is 2.82 bits per heavy atom. The van der Waals surface area contributed by atoms with Crippen molar-refractivity contribution in [2.75, 3.05) is 32.0 Å². The molecule has 0 aliphatic rings. The van der Waals surface area contributed by atoms with Crippen LogP contribution in [0.4, 0.5) is 5.69 Å². The van der Waals surface area contributed by atoms with Gasteiger partial charge in [-0.05, 0) is 25.2 Å². The lowest BCUT2D eigenvalue weighted by atomic mass is 10.3. The maximum Gasteiger partial charge on any atom is 0.238 e. The fourth-order valence-electron chi connectivity index (χ4n) is 1.33. The van der Waals surface area contributed by atoms with Gasteiger partial charge in [-0.2, -0.15) is 0 Å². The zero-order valence-corrected chi connectivity index (χ0v) is 11.1. The highest BCUT2D eigenvalue weighted by Gasteiger charge is 2.08. The van der Waals surface area contributed by atoms with Crippen molar-refractivity contribution in [2.45, 2.75) is 0 Å². The first-order chi connectivity index (χ1) is 8.02. The molecule has 0 bridgehead atoms. The fraction of sp³-hybridized carbons (Fsp3) is 0.364. The molecule has 0 unspecified atom stereocenters. The van der Waals surface area contributed by atoms with E-state index in [0.29, 0.717) is 28.8 Å². The number of benzene rings is 1. The summed E-state index contributed by atoms with van der Waals surface area (Å²) < 4.78 is 0. The molecule has 3 N–H and O–H groups in total. The number of anilines is 1. The number of likely N-dealkylation sites (N-methyl/N-ethyl adjacent to an activating group) is 1. The first-order valence-electron chi connectivity index (χ1n) is 5.16. The van der Waals surface area contributed by atoms with E-state index >= 15 is 0 Å². The van der Waals surface area contributed by atoms with E-state index in [4.69, 9.17) is 28.9 Å². The molecular weight excluding hydrogens is 261 g/mol. The van der Waals surface area contributed by atoms with Crippen LogP contribution in [-0.2, 0) is 4.79 Å². The number of halogens is 2. The Bertz CT molecular complexity index is 398. The second-order valence-corrected chi connectivity index (χ2v) is 4.54. The van der Waals surface area contributed by atoms with E-state index in [1.165, 1.54) is 0 Å². The minimum absolute atomic E-state index is 0.148. The molecule has 4 nitrogen and oxygen atoms in total. The maximum atomic E-state index is 11.7. The van der Waals surface area contributed by atoms with Crippen molar-refractivity contribution >= 4 is 34.8 Å². The van der Waals surface area contributed by atoms with E-state index in [1.807, 2.05) is 11.9 Å². The molecule has 0 aromatic heterocycles. The van der Waals surface area contributed by atoms with Crippen molar-refractivity contribution in [1.82, 2.24) is 4.90 Å². The van der Waals surface area contributed by atoms with Gasteiger partial charge in [0.15, 0.2) is 0 Å². The van der Waals surface area contributed by atoms with Gasteiger partial charge in [0.1, 0.15) is 0 Å². The molecular formula is C11H15Cl2N3O. The number of carbonyl (C=O) groups excluding carboxylic acids is 1. The summed E-state index contributed by atoms with van der Waals surface area (Å²) in [5.41, 5.74) is 5.91.